The van der Waals surface area contributed by atoms with Gasteiger partial charge in [-0.1, -0.05) is 35.9 Å². The van der Waals surface area contributed by atoms with Gasteiger partial charge in [-0.15, -0.1) is 11.8 Å². The third kappa shape index (κ3) is 4.69. The van der Waals surface area contributed by atoms with E-state index in [1.165, 1.54) is 29.5 Å². The summed E-state index contributed by atoms with van der Waals surface area (Å²) in [5.41, 5.74) is 2.33. The van der Waals surface area contributed by atoms with Gasteiger partial charge in [-0.3, -0.25) is 0 Å². The first-order chi connectivity index (χ1) is 9.13. The van der Waals surface area contributed by atoms with Gasteiger partial charge in [0.2, 0.25) is 0 Å². The summed E-state index contributed by atoms with van der Waals surface area (Å²) in [6, 6.07) is 14.6. The fraction of sp³-hybridized carbons (Fsp3) is 0.250. The van der Waals surface area contributed by atoms with E-state index >= 15 is 0 Å². The molecule has 0 radical (unpaired) electrons. The van der Waals surface area contributed by atoms with Gasteiger partial charge >= 0.3 is 0 Å². The Morgan fingerprint density at radius 2 is 1.95 bits per heavy atom. The van der Waals surface area contributed by atoms with Crippen LogP contribution in [0.25, 0.3) is 0 Å². The highest BCUT2D eigenvalue weighted by molar-refractivity contribution is 7.99. The van der Waals surface area contributed by atoms with Crippen molar-refractivity contribution < 1.29 is 9.50 Å². The average Bonchev–Trinajstić information content (AvgIpc) is 2.36. The molecule has 1 atom stereocenters. The second-order valence-electron chi connectivity index (χ2n) is 4.62. The van der Waals surface area contributed by atoms with Crippen LogP contribution in [0.3, 0.4) is 0 Å². The molecule has 100 valence electrons. The van der Waals surface area contributed by atoms with Crippen molar-refractivity contribution in [3.63, 3.8) is 0 Å². The summed E-state index contributed by atoms with van der Waals surface area (Å²) < 4.78 is 13.0. The van der Waals surface area contributed by atoms with Gasteiger partial charge in [0.25, 0.3) is 0 Å². The number of benzene rings is 2. The van der Waals surface area contributed by atoms with Crippen molar-refractivity contribution in [3.8, 4) is 0 Å². The smallest absolute Gasteiger partial charge is 0.124 e. The first kappa shape index (κ1) is 14.1. The molecule has 0 fully saturated rings. The summed E-state index contributed by atoms with van der Waals surface area (Å²) in [6.07, 6.45) is 0.208. The van der Waals surface area contributed by atoms with Gasteiger partial charge in [-0.25, -0.2) is 4.39 Å². The molecule has 0 amide bonds. The van der Waals surface area contributed by atoms with E-state index in [-0.39, 0.29) is 5.82 Å². The minimum Gasteiger partial charge on any atom is -0.392 e. The predicted octanol–water partition coefficient (Wildman–Crippen LogP) is 3.83. The molecular weight excluding hydrogens is 259 g/mol. The molecule has 0 aromatic heterocycles. The van der Waals surface area contributed by atoms with Crippen molar-refractivity contribution >= 4 is 11.8 Å². The molecule has 0 spiro atoms. The van der Waals surface area contributed by atoms with E-state index in [9.17, 15) is 9.50 Å². The van der Waals surface area contributed by atoms with Crippen LogP contribution in [0.4, 0.5) is 4.39 Å². The number of aryl methyl sites for hydroxylation is 1. The molecule has 2 aromatic carbocycles. The third-order valence-electron chi connectivity index (χ3n) is 2.79. The zero-order valence-electron chi connectivity index (χ0n) is 10.8. The highest BCUT2D eigenvalue weighted by Gasteiger charge is 2.07. The van der Waals surface area contributed by atoms with Gasteiger partial charge in [-0.05, 0) is 37.1 Å². The summed E-state index contributed by atoms with van der Waals surface area (Å²) in [6.45, 7) is 2.04. The lowest BCUT2D eigenvalue weighted by Crippen LogP contribution is -2.13. The standard InChI is InChI=1S/C16H17FOS/c1-12-4-2-5-13(8-12)9-15(18)11-19-16-7-3-6-14(17)10-16/h2-8,10,15,18H,9,11H2,1H3. The molecule has 2 rings (SSSR count). The molecule has 0 saturated heterocycles. The van der Waals surface area contributed by atoms with Crippen molar-refractivity contribution in [2.24, 2.45) is 0 Å². The van der Waals surface area contributed by atoms with Crippen LogP contribution < -0.4 is 0 Å². The molecule has 2 aromatic rings. The van der Waals surface area contributed by atoms with Crippen molar-refractivity contribution in [1.29, 1.82) is 0 Å². The largest absolute Gasteiger partial charge is 0.392 e. The molecule has 0 aliphatic heterocycles. The number of thioether (sulfide) groups is 1. The molecular formula is C16H17FOS. The van der Waals surface area contributed by atoms with Gasteiger partial charge in [0.1, 0.15) is 5.82 Å². The van der Waals surface area contributed by atoms with Crippen molar-refractivity contribution in [2.45, 2.75) is 24.3 Å². The summed E-state index contributed by atoms with van der Waals surface area (Å²) >= 11 is 1.48. The zero-order chi connectivity index (χ0) is 13.7. The summed E-state index contributed by atoms with van der Waals surface area (Å²) in [5, 5.41) is 10.0. The second kappa shape index (κ2) is 6.73. The highest BCUT2D eigenvalue weighted by Crippen LogP contribution is 2.20. The van der Waals surface area contributed by atoms with Gasteiger partial charge in [0, 0.05) is 10.6 Å². The van der Waals surface area contributed by atoms with Crippen molar-refractivity contribution in [1.82, 2.24) is 0 Å². The summed E-state index contributed by atoms with van der Waals surface area (Å²) in [5.74, 6) is 0.329. The van der Waals surface area contributed by atoms with Crippen LogP contribution >= 0.6 is 11.8 Å². The number of halogens is 1. The van der Waals surface area contributed by atoms with Crippen LogP contribution in [0.15, 0.2) is 53.4 Å². The molecule has 3 heteroatoms. The number of hydrogen-bond donors (Lipinski definition) is 1. The second-order valence-corrected chi connectivity index (χ2v) is 5.71. The molecule has 1 unspecified atom stereocenters. The molecule has 0 saturated carbocycles. The van der Waals surface area contributed by atoms with E-state index in [1.807, 2.05) is 31.2 Å². The van der Waals surface area contributed by atoms with Crippen LogP contribution in [0.1, 0.15) is 11.1 Å². The topological polar surface area (TPSA) is 20.2 Å². The molecule has 1 N–H and O–H groups in total. The minimum atomic E-state index is -0.421. The molecule has 0 aliphatic rings. The molecule has 0 aliphatic carbocycles. The Hall–Kier alpha value is -1.32. The minimum absolute atomic E-state index is 0.238. The number of aliphatic hydroxyl groups excluding tert-OH is 1. The maximum Gasteiger partial charge on any atom is 0.124 e. The van der Waals surface area contributed by atoms with Crippen LogP contribution in [0.5, 0.6) is 0 Å². The van der Waals surface area contributed by atoms with Gasteiger partial charge < -0.3 is 5.11 Å². The lowest BCUT2D eigenvalue weighted by molar-refractivity contribution is 0.200. The van der Waals surface area contributed by atoms with Crippen LogP contribution in [0, 0.1) is 12.7 Å². The van der Waals surface area contributed by atoms with E-state index < -0.39 is 6.10 Å². The molecule has 1 nitrogen and oxygen atoms in total. The zero-order valence-corrected chi connectivity index (χ0v) is 11.7. The van der Waals surface area contributed by atoms with Crippen molar-refractivity contribution in [2.75, 3.05) is 5.75 Å². The van der Waals surface area contributed by atoms with E-state index in [0.717, 1.165) is 10.5 Å². The summed E-state index contributed by atoms with van der Waals surface area (Å²) in [4.78, 5) is 0.850. The number of aliphatic hydroxyl groups is 1. The average molecular weight is 276 g/mol. The highest BCUT2D eigenvalue weighted by atomic mass is 32.2. The molecule has 0 bridgehead atoms. The van der Waals surface area contributed by atoms with E-state index in [0.29, 0.717) is 12.2 Å². The summed E-state index contributed by atoms with van der Waals surface area (Å²) in [7, 11) is 0. The Morgan fingerprint density at radius 1 is 1.16 bits per heavy atom. The SMILES string of the molecule is Cc1cccc(CC(O)CSc2cccc(F)c2)c1. The van der Waals surface area contributed by atoms with Gasteiger partial charge in [-0.2, -0.15) is 0 Å². The Bertz CT molecular complexity index is 542. The van der Waals surface area contributed by atoms with E-state index in [4.69, 9.17) is 0 Å². The van der Waals surface area contributed by atoms with Crippen LogP contribution in [0.2, 0.25) is 0 Å². The predicted molar refractivity (Wildman–Crippen MR) is 78.0 cm³/mol. The van der Waals surface area contributed by atoms with Crippen LogP contribution in [-0.2, 0) is 6.42 Å². The van der Waals surface area contributed by atoms with Gasteiger partial charge in [0.05, 0.1) is 6.10 Å². The van der Waals surface area contributed by atoms with Crippen molar-refractivity contribution in [3.05, 3.63) is 65.5 Å². The lowest BCUT2D eigenvalue weighted by atomic mass is 10.1. The first-order valence-corrected chi connectivity index (χ1v) is 7.24. The first-order valence-electron chi connectivity index (χ1n) is 6.25. The Morgan fingerprint density at radius 3 is 2.68 bits per heavy atom. The normalized spacial score (nSPS) is 12.4. The number of hydrogen-bond acceptors (Lipinski definition) is 2. The molecule has 19 heavy (non-hydrogen) atoms. The van der Waals surface area contributed by atoms with E-state index in [1.54, 1.807) is 6.07 Å². The lowest BCUT2D eigenvalue weighted by Gasteiger charge is -2.11. The monoisotopic (exact) mass is 276 g/mol. The van der Waals surface area contributed by atoms with Crippen LogP contribution in [-0.4, -0.2) is 17.0 Å². The fourth-order valence-electron chi connectivity index (χ4n) is 1.92. The maximum absolute atomic E-state index is 13.0. The Labute approximate surface area is 117 Å². The Balaban J connectivity index is 1.86. The maximum atomic E-state index is 13.0. The quantitative estimate of drug-likeness (QED) is 0.838. The number of rotatable bonds is 5. The van der Waals surface area contributed by atoms with E-state index in [2.05, 4.69) is 6.07 Å². The molecule has 0 heterocycles. The third-order valence-corrected chi connectivity index (χ3v) is 3.93. The Kier molecular flexibility index (Phi) is 5.00. The van der Waals surface area contributed by atoms with Gasteiger partial charge in [0.15, 0.2) is 0 Å². The fourth-order valence-corrected chi connectivity index (χ4v) is 2.79.